The maximum Gasteiger partial charge on any atom is 0.416 e. The minimum atomic E-state index is -4.78. The minimum Gasteiger partial charge on any atom is -0.481 e. The van der Waals surface area contributed by atoms with Crippen molar-refractivity contribution in [3.63, 3.8) is 0 Å². The molecule has 3 aromatic rings. The van der Waals surface area contributed by atoms with Crippen LogP contribution >= 0.6 is 0 Å². The van der Waals surface area contributed by atoms with Crippen LogP contribution in [0, 0.1) is 50.2 Å². The molecule has 2 heterocycles. The minimum absolute atomic E-state index is 0.0370. The van der Waals surface area contributed by atoms with E-state index in [4.69, 9.17) is 0 Å². The molecule has 1 saturated carbocycles. The lowest BCUT2D eigenvalue weighted by Gasteiger charge is -2.40. The van der Waals surface area contributed by atoms with E-state index < -0.39 is 59.3 Å². The number of carboxylic acid groups (broad SMARTS) is 1. The summed E-state index contributed by atoms with van der Waals surface area (Å²) in [6.45, 7) is 10.7. The van der Waals surface area contributed by atoms with Crippen LogP contribution in [0.15, 0.2) is 41.3 Å². The lowest BCUT2D eigenvalue weighted by atomic mass is 9.90. The highest BCUT2D eigenvalue weighted by atomic mass is 19.4. The number of benzene rings is 2. The van der Waals surface area contributed by atoms with E-state index in [1.54, 1.807) is 33.8 Å². The average Bonchev–Trinajstić information content (AvgIpc) is 3.79. The van der Waals surface area contributed by atoms with E-state index in [9.17, 15) is 37.1 Å². The van der Waals surface area contributed by atoms with Crippen LogP contribution in [0.25, 0.3) is 11.1 Å². The molecular weight excluding hydrogens is 657 g/mol. The molecule has 2 aliphatic rings. The number of amides is 1. The molecule has 0 unspecified atom stereocenters. The fourth-order valence-electron chi connectivity index (χ4n) is 7.23. The van der Waals surface area contributed by atoms with Gasteiger partial charge < -0.3 is 19.9 Å². The van der Waals surface area contributed by atoms with E-state index in [-0.39, 0.29) is 41.4 Å². The third kappa shape index (κ3) is 8.62. The van der Waals surface area contributed by atoms with Crippen molar-refractivity contribution in [2.75, 3.05) is 19.6 Å². The molecule has 1 aromatic heterocycles. The second kappa shape index (κ2) is 14.7. The van der Waals surface area contributed by atoms with Crippen molar-refractivity contribution in [1.82, 2.24) is 14.8 Å². The number of nitrogens with one attached hydrogen (secondary N) is 1. The summed E-state index contributed by atoms with van der Waals surface area (Å²) in [7, 11) is 0. The second-order valence-electron chi connectivity index (χ2n) is 14.6. The fourth-order valence-corrected chi connectivity index (χ4v) is 7.23. The SMILES string of the molecule is Cc1cc(-c2c(C)cc(F)cc2C)cc([C@@H](CC(=O)O)NC(=O)[C@H](CC(C)C)n2cc(CC3CN(CC4CC4)C3)c(C(F)(F)F)cc2=O)c1F. The highest BCUT2D eigenvalue weighted by Crippen LogP contribution is 2.37. The van der Waals surface area contributed by atoms with Gasteiger partial charge in [0.05, 0.1) is 18.0 Å². The summed E-state index contributed by atoms with van der Waals surface area (Å²) < 4.78 is 73.5. The predicted octanol–water partition coefficient (Wildman–Crippen LogP) is 7.54. The Morgan fingerprint density at radius 1 is 0.960 bits per heavy atom. The van der Waals surface area contributed by atoms with Gasteiger partial charge in [0.1, 0.15) is 17.7 Å². The number of alkyl halides is 3. The van der Waals surface area contributed by atoms with Crippen molar-refractivity contribution in [3.8, 4) is 11.1 Å². The number of aryl methyl sites for hydroxylation is 3. The molecule has 1 aliphatic heterocycles. The van der Waals surface area contributed by atoms with E-state index in [1.165, 1.54) is 38.0 Å². The molecule has 1 aliphatic carbocycles. The molecular formula is C38H44F5N3O4. The number of pyridine rings is 1. The van der Waals surface area contributed by atoms with E-state index in [2.05, 4.69) is 10.2 Å². The highest BCUT2D eigenvalue weighted by Gasteiger charge is 2.38. The Morgan fingerprint density at radius 3 is 2.16 bits per heavy atom. The molecule has 5 rings (SSSR count). The normalized spacial score (nSPS) is 16.7. The van der Waals surface area contributed by atoms with Gasteiger partial charge in [0.2, 0.25) is 5.91 Å². The summed E-state index contributed by atoms with van der Waals surface area (Å²) in [5.74, 6) is -2.94. The van der Waals surface area contributed by atoms with Crippen molar-refractivity contribution in [2.24, 2.45) is 17.8 Å². The van der Waals surface area contributed by atoms with Gasteiger partial charge in [0.25, 0.3) is 5.56 Å². The molecule has 270 valence electrons. The van der Waals surface area contributed by atoms with Crippen LogP contribution in [0.4, 0.5) is 22.0 Å². The van der Waals surface area contributed by atoms with Gasteiger partial charge in [-0.15, -0.1) is 0 Å². The van der Waals surface area contributed by atoms with Crippen LogP contribution in [-0.2, 0) is 22.2 Å². The summed E-state index contributed by atoms with van der Waals surface area (Å²) >= 11 is 0. The first-order chi connectivity index (χ1) is 23.4. The molecule has 2 N–H and O–H groups in total. The monoisotopic (exact) mass is 701 g/mol. The maximum atomic E-state index is 15.8. The fraction of sp³-hybridized carbons (Fsp3) is 0.500. The van der Waals surface area contributed by atoms with Gasteiger partial charge in [-0.1, -0.05) is 13.8 Å². The number of carboxylic acids is 1. The Bertz CT molecular complexity index is 1800. The van der Waals surface area contributed by atoms with Gasteiger partial charge in [-0.05, 0) is 122 Å². The number of aromatic nitrogens is 1. The Labute approximate surface area is 288 Å². The number of aliphatic carboxylic acids is 1. The number of hydrogen-bond acceptors (Lipinski definition) is 4. The number of nitrogens with zero attached hydrogens (tertiary/aromatic N) is 2. The second-order valence-corrected chi connectivity index (χ2v) is 14.6. The van der Waals surface area contributed by atoms with Crippen molar-refractivity contribution >= 4 is 11.9 Å². The molecule has 2 aromatic carbocycles. The molecule has 2 fully saturated rings. The highest BCUT2D eigenvalue weighted by molar-refractivity contribution is 5.82. The molecule has 7 nitrogen and oxygen atoms in total. The Morgan fingerprint density at radius 2 is 1.60 bits per heavy atom. The first-order valence-corrected chi connectivity index (χ1v) is 17.0. The van der Waals surface area contributed by atoms with E-state index >= 15 is 4.39 Å². The first kappa shape index (κ1) is 37.2. The maximum absolute atomic E-state index is 15.8. The number of carbonyl (C=O) groups is 2. The standard InChI is InChI=1S/C38H44F5N3O4/c1-20(2)8-32(46-19-27(30(14-33(46)47)38(41,42)43)12-25-17-45(18-25)16-24-6-7-24)37(50)44-31(15-34(48)49)29-13-26(9-23(5)36(29)40)35-21(3)10-28(39)11-22(35)4/h9-11,13-14,19-20,24-25,31-32H,6-8,12,15-18H2,1-5H3,(H,44,50)(H,48,49)/t31-,32+/m1/s1. The number of hydrogen-bond donors (Lipinski definition) is 2. The zero-order chi connectivity index (χ0) is 36.7. The molecule has 0 radical (unpaired) electrons. The van der Waals surface area contributed by atoms with Crippen LogP contribution in [0.3, 0.4) is 0 Å². The first-order valence-electron chi connectivity index (χ1n) is 17.0. The Balaban J connectivity index is 1.50. The van der Waals surface area contributed by atoms with Crippen LogP contribution in [0.2, 0.25) is 0 Å². The van der Waals surface area contributed by atoms with Crippen LogP contribution in [0.1, 0.15) is 85.0 Å². The van der Waals surface area contributed by atoms with Crippen LogP contribution in [-0.4, -0.2) is 46.1 Å². The molecule has 1 amide bonds. The summed E-state index contributed by atoms with van der Waals surface area (Å²) in [6, 6.07) is 3.48. The molecule has 1 saturated heterocycles. The number of carbonyl (C=O) groups excluding carboxylic acids is 1. The lowest BCUT2D eigenvalue weighted by molar-refractivity contribution is -0.139. The van der Waals surface area contributed by atoms with Crippen LogP contribution in [0.5, 0.6) is 0 Å². The Hall–Kier alpha value is -4.06. The summed E-state index contributed by atoms with van der Waals surface area (Å²) in [6.07, 6.45) is -1.91. The molecule has 12 heteroatoms. The van der Waals surface area contributed by atoms with Gasteiger partial charge in [-0.3, -0.25) is 14.4 Å². The largest absolute Gasteiger partial charge is 0.481 e. The molecule has 0 bridgehead atoms. The summed E-state index contributed by atoms with van der Waals surface area (Å²) in [4.78, 5) is 41.7. The van der Waals surface area contributed by atoms with Gasteiger partial charge >= 0.3 is 12.1 Å². The zero-order valence-electron chi connectivity index (χ0n) is 29.0. The quantitative estimate of drug-likeness (QED) is 0.180. The van der Waals surface area contributed by atoms with E-state index in [0.717, 1.165) is 17.3 Å². The Kier molecular flexibility index (Phi) is 10.9. The van der Waals surface area contributed by atoms with Crippen molar-refractivity contribution in [2.45, 2.75) is 85.0 Å². The molecule has 2 atom stereocenters. The van der Waals surface area contributed by atoms with Gasteiger partial charge in [0.15, 0.2) is 0 Å². The summed E-state index contributed by atoms with van der Waals surface area (Å²) in [5.41, 5.74) is 0.168. The van der Waals surface area contributed by atoms with E-state index in [0.29, 0.717) is 47.3 Å². The van der Waals surface area contributed by atoms with Gasteiger partial charge in [0, 0.05) is 37.5 Å². The van der Waals surface area contributed by atoms with Crippen LogP contribution < -0.4 is 10.9 Å². The topological polar surface area (TPSA) is 91.6 Å². The number of rotatable bonds is 13. The number of halogens is 5. The average molecular weight is 702 g/mol. The predicted molar refractivity (Wildman–Crippen MR) is 180 cm³/mol. The van der Waals surface area contributed by atoms with Crippen molar-refractivity contribution < 1.29 is 36.6 Å². The smallest absolute Gasteiger partial charge is 0.416 e. The van der Waals surface area contributed by atoms with Gasteiger partial charge in [-0.2, -0.15) is 13.2 Å². The van der Waals surface area contributed by atoms with Crippen molar-refractivity contribution in [1.29, 1.82) is 0 Å². The third-order valence-electron chi connectivity index (χ3n) is 9.70. The van der Waals surface area contributed by atoms with Gasteiger partial charge in [-0.25, -0.2) is 8.78 Å². The third-order valence-corrected chi connectivity index (χ3v) is 9.70. The molecule has 50 heavy (non-hydrogen) atoms. The van der Waals surface area contributed by atoms with Crippen molar-refractivity contribution in [3.05, 3.63) is 91.9 Å². The van der Waals surface area contributed by atoms with E-state index in [1.807, 2.05) is 0 Å². The summed E-state index contributed by atoms with van der Waals surface area (Å²) in [5, 5.41) is 12.4. The lowest BCUT2D eigenvalue weighted by Crippen LogP contribution is -2.48. The number of likely N-dealkylation sites (tertiary alicyclic amines) is 1. The zero-order valence-corrected chi connectivity index (χ0v) is 29.0. The molecule has 0 spiro atoms.